The normalized spacial score (nSPS) is 12.8. The molecule has 20 heavy (non-hydrogen) atoms. The Balaban J connectivity index is 2.70. The molecule has 1 nitrogen and oxygen atoms in total. The molecule has 0 spiro atoms. The van der Waals surface area contributed by atoms with Crippen LogP contribution in [0.25, 0.3) is 5.52 Å². The summed E-state index contributed by atoms with van der Waals surface area (Å²) in [4.78, 5) is 0. The number of thioether (sulfide) groups is 1. The zero-order valence-corrected chi connectivity index (χ0v) is 12.8. The highest BCUT2D eigenvalue weighted by Crippen LogP contribution is 2.42. The minimum atomic E-state index is -4.27. The SMILES string of the molecule is CC(C)c1cc2c(C(C)C)cccn2c1SC(F)(F)F. The Morgan fingerprint density at radius 2 is 1.65 bits per heavy atom. The molecule has 0 radical (unpaired) electrons. The van der Waals surface area contributed by atoms with Gasteiger partial charge in [-0.05, 0) is 35.1 Å². The lowest BCUT2D eigenvalue weighted by molar-refractivity contribution is -0.0330. The average molecular weight is 301 g/mol. The van der Waals surface area contributed by atoms with Crippen molar-refractivity contribution in [2.24, 2.45) is 0 Å². The first-order valence-corrected chi connectivity index (χ1v) is 7.42. The van der Waals surface area contributed by atoms with Crippen LogP contribution in [0.1, 0.15) is 50.7 Å². The smallest absolute Gasteiger partial charge is 0.311 e. The molecule has 0 aliphatic carbocycles. The zero-order chi connectivity index (χ0) is 15.1. The molecule has 0 amide bonds. The minimum Gasteiger partial charge on any atom is -0.311 e. The number of nitrogens with zero attached hydrogens (tertiary/aromatic N) is 1. The van der Waals surface area contributed by atoms with Crippen LogP contribution in [0.5, 0.6) is 0 Å². The highest BCUT2D eigenvalue weighted by atomic mass is 32.2. The zero-order valence-electron chi connectivity index (χ0n) is 12.0. The lowest BCUT2D eigenvalue weighted by atomic mass is 10.0. The highest BCUT2D eigenvalue weighted by Gasteiger charge is 2.33. The van der Waals surface area contributed by atoms with E-state index >= 15 is 0 Å². The number of fused-ring (bicyclic) bond motifs is 1. The second-order valence-corrected chi connectivity index (χ2v) is 6.53. The Labute approximate surface area is 121 Å². The van der Waals surface area contributed by atoms with E-state index in [9.17, 15) is 13.2 Å². The van der Waals surface area contributed by atoms with E-state index in [0.29, 0.717) is 0 Å². The molecule has 0 aliphatic rings. The van der Waals surface area contributed by atoms with E-state index in [1.807, 2.05) is 45.9 Å². The molecule has 110 valence electrons. The quantitative estimate of drug-likeness (QED) is 0.648. The van der Waals surface area contributed by atoms with Gasteiger partial charge in [-0.2, -0.15) is 13.2 Å². The number of halogens is 3. The first-order valence-electron chi connectivity index (χ1n) is 6.60. The third-order valence-corrected chi connectivity index (χ3v) is 4.14. The van der Waals surface area contributed by atoms with E-state index < -0.39 is 5.51 Å². The van der Waals surface area contributed by atoms with Crippen molar-refractivity contribution in [3.05, 3.63) is 35.5 Å². The molecule has 2 rings (SSSR count). The Hall–Kier alpha value is -1.10. The van der Waals surface area contributed by atoms with Gasteiger partial charge in [0.15, 0.2) is 0 Å². The molecular formula is C15H18F3NS. The Morgan fingerprint density at radius 1 is 1.05 bits per heavy atom. The number of hydrogen-bond acceptors (Lipinski definition) is 1. The molecule has 0 bridgehead atoms. The number of rotatable bonds is 3. The van der Waals surface area contributed by atoms with Crippen LogP contribution in [0.4, 0.5) is 13.2 Å². The fourth-order valence-electron chi connectivity index (χ4n) is 2.34. The predicted octanol–water partition coefficient (Wildman–Crippen LogP) is 5.80. The van der Waals surface area contributed by atoms with Gasteiger partial charge in [0.25, 0.3) is 0 Å². The Kier molecular flexibility index (Phi) is 4.09. The van der Waals surface area contributed by atoms with Gasteiger partial charge < -0.3 is 4.40 Å². The number of alkyl halides is 3. The predicted molar refractivity (Wildman–Crippen MR) is 77.5 cm³/mol. The summed E-state index contributed by atoms with van der Waals surface area (Å²) >= 11 is -0.0248. The second-order valence-electron chi connectivity index (χ2n) is 5.48. The van der Waals surface area contributed by atoms with Crippen molar-refractivity contribution in [2.45, 2.75) is 50.1 Å². The summed E-state index contributed by atoms with van der Waals surface area (Å²) in [6.45, 7) is 7.94. The maximum absolute atomic E-state index is 12.8. The molecule has 2 heterocycles. The highest BCUT2D eigenvalue weighted by molar-refractivity contribution is 8.00. The van der Waals surface area contributed by atoms with Gasteiger partial charge in [-0.25, -0.2) is 0 Å². The topological polar surface area (TPSA) is 4.41 Å². The molecule has 2 aromatic rings. The van der Waals surface area contributed by atoms with Gasteiger partial charge in [-0.3, -0.25) is 0 Å². The minimum absolute atomic E-state index is 0.0248. The van der Waals surface area contributed by atoms with Gasteiger partial charge in [0.2, 0.25) is 0 Å². The first-order chi connectivity index (χ1) is 9.20. The van der Waals surface area contributed by atoms with Crippen LogP contribution >= 0.6 is 11.8 Å². The molecule has 0 atom stereocenters. The van der Waals surface area contributed by atoms with Crippen molar-refractivity contribution >= 4 is 17.3 Å². The molecule has 0 saturated carbocycles. The summed E-state index contributed by atoms with van der Waals surface area (Å²) in [6.07, 6.45) is 1.71. The van der Waals surface area contributed by atoms with Gasteiger partial charge in [-0.1, -0.05) is 33.8 Å². The fourth-order valence-corrected chi connectivity index (χ4v) is 3.22. The largest absolute Gasteiger partial charge is 0.447 e. The van der Waals surface area contributed by atoms with E-state index in [-0.39, 0.29) is 28.6 Å². The lowest BCUT2D eigenvalue weighted by Crippen LogP contribution is -2.03. The van der Waals surface area contributed by atoms with Crippen molar-refractivity contribution in [2.75, 3.05) is 0 Å². The molecule has 5 heteroatoms. The maximum atomic E-state index is 12.8. The van der Waals surface area contributed by atoms with Gasteiger partial charge in [0.05, 0.1) is 5.03 Å². The van der Waals surface area contributed by atoms with Crippen LogP contribution in [0.15, 0.2) is 29.4 Å². The maximum Gasteiger partial charge on any atom is 0.447 e. The van der Waals surface area contributed by atoms with Crippen LogP contribution in [-0.4, -0.2) is 9.91 Å². The molecule has 2 aromatic heterocycles. The molecule has 0 N–H and O–H groups in total. The summed E-state index contributed by atoms with van der Waals surface area (Å²) < 4.78 is 40.1. The number of hydrogen-bond donors (Lipinski definition) is 0. The van der Waals surface area contributed by atoms with Crippen molar-refractivity contribution in [1.82, 2.24) is 4.40 Å². The lowest BCUT2D eigenvalue weighted by Gasteiger charge is -2.12. The van der Waals surface area contributed by atoms with Crippen LogP contribution in [0.2, 0.25) is 0 Å². The fraction of sp³-hybridized carbons (Fsp3) is 0.467. The summed E-state index contributed by atoms with van der Waals surface area (Å²) in [5.41, 5.74) is -1.58. The van der Waals surface area contributed by atoms with E-state index in [1.54, 1.807) is 10.6 Å². The molecule has 0 aromatic carbocycles. The van der Waals surface area contributed by atoms with Crippen LogP contribution < -0.4 is 0 Å². The van der Waals surface area contributed by atoms with Gasteiger partial charge in [0.1, 0.15) is 0 Å². The van der Waals surface area contributed by atoms with Gasteiger partial charge in [0, 0.05) is 23.5 Å². The van der Waals surface area contributed by atoms with E-state index in [4.69, 9.17) is 0 Å². The third kappa shape index (κ3) is 2.97. The van der Waals surface area contributed by atoms with Crippen LogP contribution in [0, 0.1) is 0 Å². The molecular weight excluding hydrogens is 283 g/mol. The Morgan fingerprint density at radius 3 is 2.15 bits per heavy atom. The van der Waals surface area contributed by atoms with Crippen LogP contribution in [0.3, 0.4) is 0 Å². The summed E-state index contributed by atoms with van der Waals surface area (Å²) in [5, 5.41) is 0.282. The van der Waals surface area contributed by atoms with Crippen molar-refractivity contribution in [3.8, 4) is 0 Å². The van der Waals surface area contributed by atoms with Gasteiger partial charge in [-0.15, -0.1) is 0 Å². The van der Waals surface area contributed by atoms with Gasteiger partial charge >= 0.3 is 5.51 Å². The van der Waals surface area contributed by atoms with E-state index in [1.165, 1.54) is 0 Å². The molecule has 0 saturated heterocycles. The molecule has 0 fully saturated rings. The standard InChI is InChI=1S/C15H18F3NS/c1-9(2)11-6-5-7-19-13(11)8-12(10(3)4)14(19)20-15(16,17)18/h5-10H,1-4H3. The number of pyridine rings is 1. The van der Waals surface area contributed by atoms with Crippen molar-refractivity contribution in [1.29, 1.82) is 0 Å². The summed E-state index contributed by atoms with van der Waals surface area (Å²) in [7, 11) is 0. The van der Waals surface area contributed by atoms with Crippen molar-refractivity contribution < 1.29 is 13.2 Å². The summed E-state index contributed by atoms with van der Waals surface area (Å²) in [6, 6.07) is 5.69. The van der Waals surface area contributed by atoms with Crippen LogP contribution in [-0.2, 0) is 0 Å². The Bertz CT molecular complexity index is 611. The van der Waals surface area contributed by atoms with E-state index in [2.05, 4.69) is 0 Å². The van der Waals surface area contributed by atoms with E-state index in [0.717, 1.165) is 16.6 Å². The second kappa shape index (κ2) is 5.35. The average Bonchev–Trinajstić information content (AvgIpc) is 2.65. The number of aromatic nitrogens is 1. The molecule has 0 unspecified atom stereocenters. The first kappa shape index (κ1) is 15.3. The molecule has 0 aliphatic heterocycles. The third-order valence-electron chi connectivity index (χ3n) is 3.28. The monoisotopic (exact) mass is 301 g/mol. The van der Waals surface area contributed by atoms with Crippen molar-refractivity contribution in [3.63, 3.8) is 0 Å². The summed E-state index contributed by atoms with van der Waals surface area (Å²) in [5.74, 6) is 0.331.